The number of para-hydroxylation sites is 2. The first-order chi connectivity index (χ1) is 11.7. The molecule has 1 atom stereocenters. The number of benzene rings is 2. The van der Waals surface area contributed by atoms with E-state index in [9.17, 15) is 14.3 Å². The molecule has 1 amide bonds. The standard InChI is InChI=1S/C18H16FN3O2/c19-13-7-5-12(6-8-13)9-14(11-23)21-18(24)17-10-20-15-3-1-2-4-16(15)22-17/h1-8,10,14,23H,9,11H2,(H,21,24). The van der Waals surface area contributed by atoms with Crippen molar-refractivity contribution in [1.82, 2.24) is 15.3 Å². The highest BCUT2D eigenvalue weighted by atomic mass is 19.1. The molecule has 1 heterocycles. The minimum atomic E-state index is -0.490. The summed E-state index contributed by atoms with van der Waals surface area (Å²) in [5.41, 5.74) is 2.34. The Morgan fingerprint density at radius 2 is 1.83 bits per heavy atom. The van der Waals surface area contributed by atoms with Crippen molar-refractivity contribution >= 4 is 16.9 Å². The molecule has 0 aliphatic heterocycles. The van der Waals surface area contributed by atoms with Crippen LogP contribution < -0.4 is 5.32 Å². The molecule has 0 saturated carbocycles. The fourth-order valence-electron chi connectivity index (χ4n) is 2.39. The summed E-state index contributed by atoms with van der Waals surface area (Å²) in [5, 5.41) is 12.2. The molecule has 5 nitrogen and oxygen atoms in total. The normalized spacial score (nSPS) is 12.1. The number of halogens is 1. The van der Waals surface area contributed by atoms with Gasteiger partial charge in [-0.25, -0.2) is 9.37 Å². The molecule has 1 aromatic heterocycles. The van der Waals surface area contributed by atoms with Gasteiger partial charge >= 0.3 is 0 Å². The zero-order valence-corrected chi connectivity index (χ0v) is 12.8. The Morgan fingerprint density at radius 1 is 1.12 bits per heavy atom. The van der Waals surface area contributed by atoms with Crippen LogP contribution in [-0.2, 0) is 6.42 Å². The number of carbonyl (C=O) groups is 1. The van der Waals surface area contributed by atoms with E-state index in [-0.39, 0.29) is 18.1 Å². The van der Waals surface area contributed by atoms with Gasteiger partial charge in [-0.2, -0.15) is 0 Å². The van der Waals surface area contributed by atoms with Crippen molar-refractivity contribution in [2.24, 2.45) is 0 Å². The van der Waals surface area contributed by atoms with Crippen molar-refractivity contribution in [3.05, 3.63) is 71.8 Å². The summed E-state index contributed by atoms with van der Waals surface area (Å²) in [6, 6.07) is 12.7. The number of hydrogen-bond acceptors (Lipinski definition) is 4. The molecule has 0 radical (unpaired) electrons. The number of aromatic nitrogens is 2. The van der Waals surface area contributed by atoms with Gasteiger partial charge in [-0.3, -0.25) is 9.78 Å². The van der Waals surface area contributed by atoms with Crippen LogP contribution in [0.4, 0.5) is 4.39 Å². The molecule has 0 saturated heterocycles. The van der Waals surface area contributed by atoms with E-state index in [1.807, 2.05) is 18.2 Å². The van der Waals surface area contributed by atoms with E-state index in [2.05, 4.69) is 15.3 Å². The summed E-state index contributed by atoms with van der Waals surface area (Å²) in [6.45, 7) is -0.232. The Bertz CT molecular complexity index is 852. The summed E-state index contributed by atoms with van der Waals surface area (Å²) < 4.78 is 12.9. The van der Waals surface area contributed by atoms with Crippen LogP contribution in [0.25, 0.3) is 11.0 Å². The molecule has 0 aliphatic rings. The Balaban J connectivity index is 1.72. The predicted molar refractivity (Wildman–Crippen MR) is 88.0 cm³/mol. The SMILES string of the molecule is O=C(NC(CO)Cc1ccc(F)cc1)c1cnc2ccccc2n1. The topological polar surface area (TPSA) is 75.1 Å². The average molecular weight is 325 g/mol. The van der Waals surface area contributed by atoms with E-state index in [0.717, 1.165) is 5.56 Å². The van der Waals surface area contributed by atoms with Crippen molar-refractivity contribution in [2.75, 3.05) is 6.61 Å². The van der Waals surface area contributed by atoms with Crippen LogP contribution in [0, 0.1) is 5.82 Å². The van der Waals surface area contributed by atoms with E-state index >= 15 is 0 Å². The third-order valence-electron chi connectivity index (χ3n) is 3.63. The van der Waals surface area contributed by atoms with Crippen molar-refractivity contribution in [1.29, 1.82) is 0 Å². The Kier molecular flexibility index (Phi) is 4.77. The number of nitrogens with zero attached hydrogens (tertiary/aromatic N) is 2. The summed E-state index contributed by atoms with van der Waals surface area (Å²) in [4.78, 5) is 20.8. The highest BCUT2D eigenvalue weighted by Gasteiger charge is 2.15. The molecule has 1 unspecified atom stereocenters. The van der Waals surface area contributed by atoms with Gasteiger partial charge in [0.25, 0.3) is 5.91 Å². The number of aliphatic hydroxyl groups excluding tert-OH is 1. The maximum Gasteiger partial charge on any atom is 0.271 e. The van der Waals surface area contributed by atoms with Gasteiger partial charge in [0.1, 0.15) is 11.5 Å². The molecule has 2 aromatic carbocycles. The van der Waals surface area contributed by atoms with Gasteiger partial charge in [0.05, 0.1) is 29.9 Å². The average Bonchev–Trinajstić information content (AvgIpc) is 2.62. The number of rotatable bonds is 5. The summed E-state index contributed by atoms with van der Waals surface area (Å²) >= 11 is 0. The van der Waals surface area contributed by atoms with Gasteiger partial charge in [0, 0.05) is 0 Å². The number of hydrogen-bond donors (Lipinski definition) is 2. The lowest BCUT2D eigenvalue weighted by atomic mass is 10.1. The molecular formula is C18H16FN3O2. The third-order valence-corrected chi connectivity index (χ3v) is 3.63. The van der Waals surface area contributed by atoms with Crippen molar-refractivity contribution in [3.63, 3.8) is 0 Å². The first kappa shape index (κ1) is 16.0. The Hall–Kier alpha value is -2.86. The lowest BCUT2D eigenvalue weighted by molar-refractivity contribution is 0.0911. The Morgan fingerprint density at radius 3 is 2.54 bits per heavy atom. The fraction of sp³-hybridized carbons (Fsp3) is 0.167. The molecule has 122 valence electrons. The van der Waals surface area contributed by atoms with Crippen LogP contribution in [0.2, 0.25) is 0 Å². The number of carbonyl (C=O) groups excluding carboxylic acids is 1. The van der Waals surface area contributed by atoms with Gasteiger partial charge in [-0.1, -0.05) is 24.3 Å². The minimum Gasteiger partial charge on any atom is -0.394 e. The number of amides is 1. The van der Waals surface area contributed by atoms with Crippen LogP contribution in [0.3, 0.4) is 0 Å². The third kappa shape index (κ3) is 3.72. The van der Waals surface area contributed by atoms with E-state index in [4.69, 9.17) is 0 Å². The summed E-state index contributed by atoms with van der Waals surface area (Å²) in [6.07, 6.45) is 1.80. The molecule has 24 heavy (non-hydrogen) atoms. The monoisotopic (exact) mass is 325 g/mol. The highest BCUT2D eigenvalue weighted by Crippen LogP contribution is 2.09. The van der Waals surface area contributed by atoms with Crippen LogP contribution >= 0.6 is 0 Å². The van der Waals surface area contributed by atoms with Crippen molar-refractivity contribution in [3.8, 4) is 0 Å². The predicted octanol–water partition coefficient (Wildman–Crippen LogP) is 2.10. The van der Waals surface area contributed by atoms with Crippen LogP contribution in [0.1, 0.15) is 16.1 Å². The molecule has 0 spiro atoms. The maximum absolute atomic E-state index is 12.9. The van der Waals surface area contributed by atoms with Gasteiger partial charge in [0.2, 0.25) is 0 Å². The summed E-state index contributed by atoms with van der Waals surface area (Å²) in [5.74, 6) is -0.732. The second kappa shape index (κ2) is 7.14. The number of fused-ring (bicyclic) bond motifs is 1. The zero-order chi connectivity index (χ0) is 16.9. The number of aliphatic hydroxyl groups is 1. The second-order valence-corrected chi connectivity index (χ2v) is 5.43. The minimum absolute atomic E-state index is 0.186. The summed E-state index contributed by atoms with van der Waals surface area (Å²) in [7, 11) is 0. The largest absolute Gasteiger partial charge is 0.394 e. The fourth-order valence-corrected chi connectivity index (χ4v) is 2.39. The lowest BCUT2D eigenvalue weighted by Crippen LogP contribution is -2.39. The van der Waals surface area contributed by atoms with Crippen LogP contribution in [0.15, 0.2) is 54.7 Å². The smallest absolute Gasteiger partial charge is 0.271 e. The van der Waals surface area contributed by atoms with Crippen molar-refractivity contribution < 1.29 is 14.3 Å². The molecule has 0 fully saturated rings. The zero-order valence-electron chi connectivity index (χ0n) is 12.8. The van der Waals surface area contributed by atoms with Crippen LogP contribution in [-0.4, -0.2) is 33.6 Å². The molecular weight excluding hydrogens is 309 g/mol. The quantitative estimate of drug-likeness (QED) is 0.753. The molecule has 2 N–H and O–H groups in total. The first-order valence-electron chi connectivity index (χ1n) is 7.53. The van der Waals surface area contributed by atoms with E-state index in [1.54, 1.807) is 18.2 Å². The van der Waals surface area contributed by atoms with E-state index in [1.165, 1.54) is 18.3 Å². The van der Waals surface area contributed by atoms with E-state index in [0.29, 0.717) is 17.5 Å². The van der Waals surface area contributed by atoms with Crippen LogP contribution in [0.5, 0.6) is 0 Å². The Labute approximate surface area is 138 Å². The van der Waals surface area contributed by atoms with E-state index < -0.39 is 11.9 Å². The molecule has 3 rings (SSSR count). The molecule has 3 aromatic rings. The molecule has 0 aliphatic carbocycles. The highest BCUT2D eigenvalue weighted by molar-refractivity contribution is 5.93. The maximum atomic E-state index is 12.9. The van der Waals surface area contributed by atoms with Gasteiger partial charge in [0.15, 0.2) is 0 Å². The molecule has 0 bridgehead atoms. The first-order valence-corrected chi connectivity index (χ1v) is 7.53. The van der Waals surface area contributed by atoms with Gasteiger partial charge in [-0.05, 0) is 36.2 Å². The van der Waals surface area contributed by atoms with Gasteiger partial charge in [-0.15, -0.1) is 0 Å². The number of nitrogens with one attached hydrogen (secondary N) is 1. The second-order valence-electron chi connectivity index (χ2n) is 5.43. The molecule has 6 heteroatoms. The van der Waals surface area contributed by atoms with Crippen molar-refractivity contribution in [2.45, 2.75) is 12.5 Å². The van der Waals surface area contributed by atoms with Gasteiger partial charge < -0.3 is 10.4 Å². The lowest BCUT2D eigenvalue weighted by Gasteiger charge is -2.16.